The molecule has 4 heteroatoms. The van der Waals surface area contributed by atoms with Crippen LogP contribution in [0.15, 0.2) is 0 Å². The van der Waals surface area contributed by atoms with Crippen molar-refractivity contribution in [2.75, 3.05) is 6.61 Å². The molecule has 20 heavy (non-hydrogen) atoms. The Bertz CT molecular complexity index is 428. The van der Waals surface area contributed by atoms with Crippen LogP contribution in [-0.2, 0) is 17.7 Å². The number of nitrogens with zero attached hydrogens (tertiary/aromatic N) is 1. The van der Waals surface area contributed by atoms with Gasteiger partial charge in [-0.15, -0.1) is 11.3 Å². The minimum Gasteiger partial charge on any atom is -0.378 e. The third-order valence-electron chi connectivity index (χ3n) is 3.52. The van der Waals surface area contributed by atoms with Crippen LogP contribution in [0.2, 0.25) is 0 Å². The first-order chi connectivity index (χ1) is 9.35. The predicted octanol–water partition coefficient (Wildman–Crippen LogP) is 3.88. The second-order valence-corrected chi connectivity index (χ2v) is 8.18. The molecule has 2 rings (SSSR count). The molecule has 0 aliphatic carbocycles. The van der Waals surface area contributed by atoms with Gasteiger partial charge in [0.15, 0.2) is 0 Å². The van der Waals surface area contributed by atoms with Crippen molar-refractivity contribution in [1.82, 2.24) is 10.3 Å². The van der Waals surface area contributed by atoms with Gasteiger partial charge < -0.3 is 10.1 Å². The average molecular weight is 296 g/mol. The first-order valence-corrected chi connectivity index (χ1v) is 8.52. The lowest BCUT2D eigenvalue weighted by atomic mass is 10.1. The number of hydrogen-bond acceptors (Lipinski definition) is 4. The lowest BCUT2D eigenvalue weighted by Gasteiger charge is -2.20. The van der Waals surface area contributed by atoms with E-state index in [2.05, 4.69) is 39.9 Å². The van der Waals surface area contributed by atoms with E-state index < -0.39 is 0 Å². The van der Waals surface area contributed by atoms with Crippen molar-refractivity contribution in [3.05, 3.63) is 15.6 Å². The van der Waals surface area contributed by atoms with Crippen molar-refractivity contribution < 1.29 is 4.74 Å². The van der Waals surface area contributed by atoms with E-state index in [0.717, 1.165) is 19.6 Å². The van der Waals surface area contributed by atoms with E-state index in [1.807, 2.05) is 11.3 Å². The van der Waals surface area contributed by atoms with Crippen molar-refractivity contribution in [3.8, 4) is 0 Å². The van der Waals surface area contributed by atoms with E-state index in [1.54, 1.807) is 0 Å². The highest BCUT2D eigenvalue weighted by Crippen LogP contribution is 2.28. The molecule has 2 heterocycles. The molecule has 1 aromatic rings. The summed E-state index contributed by atoms with van der Waals surface area (Å²) in [6.45, 7) is 12.9. The van der Waals surface area contributed by atoms with Crippen molar-refractivity contribution >= 4 is 11.3 Å². The molecule has 0 radical (unpaired) electrons. The Morgan fingerprint density at radius 1 is 1.40 bits per heavy atom. The maximum Gasteiger partial charge on any atom is 0.0957 e. The fraction of sp³-hybridized carbons (Fsp3) is 0.812. The predicted molar refractivity (Wildman–Crippen MR) is 85.5 cm³/mol. The fourth-order valence-electron chi connectivity index (χ4n) is 2.42. The lowest BCUT2D eigenvalue weighted by Crippen LogP contribution is -2.35. The zero-order valence-electron chi connectivity index (χ0n) is 13.5. The summed E-state index contributed by atoms with van der Waals surface area (Å²) in [6, 6.07) is 0. The quantitative estimate of drug-likeness (QED) is 0.895. The van der Waals surface area contributed by atoms with E-state index in [0.29, 0.717) is 12.0 Å². The monoisotopic (exact) mass is 296 g/mol. The summed E-state index contributed by atoms with van der Waals surface area (Å²) < 4.78 is 5.73. The summed E-state index contributed by atoms with van der Waals surface area (Å²) >= 11 is 1.86. The molecule has 114 valence electrons. The van der Waals surface area contributed by atoms with Crippen LogP contribution in [0.1, 0.15) is 69.0 Å². The molecule has 1 fully saturated rings. The van der Waals surface area contributed by atoms with Crippen LogP contribution in [0.4, 0.5) is 0 Å². The highest BCUT2D eigenvalue weighted by atomic mass is 32.1. The summed E-state index contributed by atoms with van der Waals surface area (Å²) in [5.74, 6) is 0.487. The van der Waals surface area contributed by atoms with E-state index in [4.69, 9.17) is 9.72 Å². The zero-order valence-corrected chi connectivity index (χ0v) is 14.3. The summed E-state index contributed by atoms with van der Waals surface area (Å²) in [5.41, 5.74) is 1.41. The third kappa shape index (κ3) is 4.54. The summed E-state index contributed by atoms with van der Waals surface area (Å²) in [4.78, 5) is 6.26. The van der Waals surface area contributed by atoms with Crippen LogP contribution in [0.5, 0.6) is 0 Å². The van der Waals surface area contributed by atoms with E-state index in [9.17, 15) is 0 Å². The van der Waals surface area contributed by atoms with Crippen molar-refractivity contribution in [3.63, 3.8) is 0 Å². The van der Waals surface area contributed by atoms with Gasteiger partial charge in [0.05, 0.1) is 16.8 Å². The van der Waals surface area contributed by atoms with Crippen molar-refractivity contribution in [2.24, 2.45) is 0 Å². The molecule has 1 atom stereocenters. The number of ether oxygens (including phenoxy) is 1. The number of aromatic nitrogens is 1. The lowest BCUT2D eigenvalue weighted by molar-refractivity contribution is 0.111. The number of hydrogen-bond donors (Lipinski definition) is 1. The SMILES string of the molecule is CC(C)c1nc(CC2CCCO2)sc1CNC(C)(C)C. The van der Waals surface area contributed by atoms with Gasteiger partial charge in [0.2, 0.25) is 0 Å². The van der Waals surface area contributed by atoms with E-state index >= 15 is 0 Å². The van der Waals surface area contributed by atoms with Gasteiger partial charge in [0.25, 0.3) is 0 Å². The number of thiazole rings is 1. The van der Waals surface area contributed by atoms with Gasteiger partial charge in [0.1, 0.15) is 0 Å². The molecule has 1 saturated heterocycles. The molecule has 3 nitrogen and oxygen atoms in total. The van der Waals surface area contributed by atoms with Gasteiger partial charge in [-0.25, -0.2) is 4.98 Å². The Kier molecular flexibility index (Phi) is 5.21. The molecule has 0 bridgehead atoms. The zero-order chi connectivity index (χ0) is 14.8. The largest absolute Gasteiger partial charge is 0.378 e. The van der Waals surface area contributed by atoms with Gasteiger partial charge in [-0.2, -0.15) is 0 Å². The Morgan fingerprint density at radius 2 is 2.15 bits per heavy atom. The standard InChI is InChI=1S/C16H28N2OS/c1-11(2)15-13(10-17-16(3,4)5)20-14(18-15)9-12-7-6-8-19-12/h11-12,17H,6-10H2,1-5H3. The van der Waals surface area contributed by atoms with Crippen LogP contribution in [0, 0.1) is 0 Å². The first kappa shape index (κ1) is 15.9. The molecule has 1 N–H and O–H groups in total. The third-order valence-corrected chi connectivity index (χ3v) is 4.62. The Labute approximate surface area is 127 Å². The topological polar surface area (TPSA) is 34.1 Å². The number of rotatable bonds is 5. The van der Waals surface area contributed by atoms with Gasteiger partial charge in [-0.3, -0.25) is 0 Å². The van der Waals surface area contributed by atoms with Gasteiger partial charge in [-0.1, -0.05) is 13.8 Å². The molecule has 1 aromatic heterocycles. The first-order valence-electron chi connectivity index (χ1n) is 7.70. The Hall–Kier alpha value is -0.450. The van der Waals surface area contributed by atoms with Crippen LogP contribution in [-0.4, -0.2) is 23.2 Å². The Balaban J connectivity index is 2.06. The summed E-state index contributed by atoms with van der Waals surface area (Å²) in [5, 5.41) is 4.82. The van der Waals surface area contributed by atoms with Gasteiger partial charge >= 0.3 is 0 Å². The fourth-order valence-corrected chi connectivity index (χ4v) is 3.65. The summed E-state index contributed by atoms with van der Waals surface area (Å²) in [6.07, 6.45) is 3.77. The number of nitrogens with one attached hydrogen (secondary N) is 1. The highest BCUT2D eigenvalue weighted by Gasteiger charge is 2.21. The molecule has 1 aliphatic heterocycles. The average Bonchev–Trinajstić information content (AvgIpc) is 2.95. The molecule has 0 spiro atoms. The maximum absolute atomic E-state index is 5.73. The summed E-state index contributed by atoms with van der Waals surface area (Å²) in [7, 11) is 0. The van der Waals surface area contributed by atoms with Gasteiger partial charge in [0, 0.05) is 30.0 Å². The molecule has 0 aromatic carbocycles. The van der Waals surface area contributed by atoms with Crippen molar-refractivity contribution in [2.45, 2.75) is 78.0 Å². The van der Waals surface area contributed by atoms with E-state index in [-0.39, 0.29) is 5.54 Å². The highest BCUT2D eigenvalue weighted by molar-refractivity contribution is 7.11. The van der Waals surface area contributed by atoms with Crippen LogP contribution < -0.4 is 5.32 Å². The second-order valence-electron chi connectivity index (χ2n) is 7.01. The molecule has 1 unspecified atom stereocenters. The molecule has 1 aliphatic rings. The normalized spacial score (nSPS) is 20.0. The second kappa shape index (κ2) is 6.54. The van der Waals surface area contributed by atoms with Gasteiger partial charge in [-0.05, 0) is 39.5 Å². The van der Waals surface area contributed by atoms with Crippen LogP contribution in [0.25, 0.3) is 0 Å². The maximum atomic E-state index is 5.73. The molecule has 0 amide bonds. The smallest absolute Gasteiger partial charge is 0.0957 e. The molecular weight excluding hydrogens is 268 g/mol. The van der Waals surface area contributed by atoms with Crippen LogP contribution in [0.3, 0.4) is 0 Å². The van der Waals surface area contributed by atoms with E-state index in [1.165, 1.54) is 28.4 Å². The molecular formula is C16H28N2OS. The minimum atomic E-state index is 0.146. The van der Waals surface area contributed by atoms with Crippen LogP contribution >= 0.6 is 11.3 Å². The Morgan fingerprint density at radius 3 is 2.70 bits per heavy atom. The van der Waals surface area contributed by atoms with Crippen molar-refractivity contribution in [1.29, 1.82) is 0 Å². The molecule has 0 saturated carbocycles. The minimum absolute atomic E-state index is 0.146.